The number of rotatable bonds is 4. The summed E-state index contributed by atoms with van der Waals surface area (Å²) in [6, 6.07) is 1.90. The Balaban J connectivity index is 2.14. The van der Waals surface area contributed by atoms with E-state index in [0.29, 0.717) is 6.61 Å². The lowest BCUT2D eigenvalue weighted by atomic mass is 9.70. The predicted octanol–water partition coefficient (Wildman–Crippen LogP) is 2.06. The van der Waals surface area contributed by atoms with Crippen molar-refractivity contribution in [2.45, 2.75) is 25.7 Å². The molecule has 16 heavy (non-hydrogen) atoms. The summed E-state index contributed by atoms with van der Waals surface area (Å²) in [4.78, 5) is 15.0. The van der Waals surface area contributed by atoms with Gasteiger partial charge in [-0.25, -0.2) is 0 Å². The molecule has 0 bridgehead atoms. The third kappa shape index (κ3) is 2.01. The van der Waals surface area contributed by atoms with Crippen LogP contribution in [0.3, 0.4) is 0 Å². The van der Waals surface area contributed by atoms with Gasteiger partial charge in [0.05, 0.1) is 18.7 Å². The average Bonchev–Trinajstić information content (AvgIpc) is 2.16. The molecule has 1 fully saturated rings. The van der Waals surface area contributed by atoms with E-state index in [2.05, 4.69) is 4.98 Å². The molecule has 0 aromatic carbocycles. The standard InChI is InChI=1S/C12H15NO3/c1-2-16-9-5-8(6-13-7-9)10-3-4-11(10)12(14)15/h5-7,10-11H,2-4H2,1H3,(H,14,15). The van der Waals surface area contributed by atoms with E-state index < -0.39 is 5.97 Å². The number of carboxylic acids is 1. The first-order chi connectivity index (χ1) is 7.72. The zero-order valence-corrected chi connectivity index (χ0v) is 9.22. The number of carbonyl (C=O) groups is 1. The maximum Gasteiger partial charge on any atom is 0.307 e. The molecule has 1 saturated carbocycles. The summed E-state index contributed by atoms with van der Waals surface area (Å²) in [6.07, 6.45) is 5.08. The Bertz CT molecular complexity index is 392. The summed E-state index contributed by atoms with van der Waals surface area (Å²) in [5.41, 5.74) is 0.976. The van der Waals surface area contributed by atoms with E-state index in [1.54, 1.807) is 12.4 Å². The smallest absolute Gasteiger partial charge is 0.307 e. The molecule has 2 unspecified atom stereocenters. The van der Waals surface area contributed by atoms with Gasteiger partial charge in [0, 0.05) is 6.20 Å². The number of ether oxygens (including phenoxy) is 1. The van der Waals surface area contributed by atoms with Gasteiger partial charge in [-0.05, 0) is 37.3 Å². The lowest BCUT2D eigenvalue weighted by molar-refractivity contribution is -0.145. The first-order valence-corrected chi connectivity index (χ1v) is 5.53. The fraction of sp³-hybridized carbons (Fsp3) is 0.500. The SMILES string of the molecule is CCOc1cncc(C2CCC2C(=O)O)c1. The number of carboxylic acid groups (broad SMARTS) is 1. The minimum Gasteiger partial charge on any atom is -0.492 e. The molecule has 1 aromatic rings. The van der Waals surface area contributed by atoms with Gasteiger partial charge in [0.1, 0.15) is 5.75 Å². The summed E-state index contributed by atoms with van der Waals surface area (Å²) >= 11 is 0. The van der Waals surface area contributed by atoms with Crippen molar-refractivity contribution in [1.82, 2.24) is 4.98 Å². The minimum absolute atomic E-state index is 0.102. The van der Waals surface area contributed by atoms with Gasteiger partial charge in [-0.3, -0.25) is 9.78 Å². The summed E-state index contributed by atoms with van der Waals surface area (Å²) in [7, 11) is 0. The number of hydrogen-bond donors (Lipinski definition) is 1. The van der Waals surface area contributed by atoms with Crippen LogP contribution < -0.4 is 4.74 Å². The molecule has 2 atom stereocenters. The lowest BCUT2D eigenvalue weighted by Crippen LogP contribution is -2.30. The molecular formula is C12H15NO3. The molecule has 1 aliphatic carbocycles. The normalized spacial score (nSPS) is 23.6. The fourth-order valence-corrected chi connectivity index (χ4v) is 2.08. The van der Waals surface area contributed by atoms with Gasteiger partial charge in [-0.1, -0.05) is 0 Å². The van der Waals surface area contributed by atoms with E-state index in [1.807, 2.05) is 13.0 Å². The molecule has 1 aliphatic rings. The van der Waals surface area contributed by atoms with Crippen LogP contribution in [0.5, 0.6) is 5.75 Å². The third-order valence-corrected chi connectivity index (χ3v) is 3.07. The van der Waals surface area contributed by atoms with Gasteiger partial charge in [-0.2, -0.15) is 0 Å². The minimum atomic E-state index is -0.710. The van der Waals surface area contributed by atoms with E-state index in [4.69, 9.17) is 9.84 Å². The van der Waals surface area contributed by atoms with Crippen molar-refractivity contribution >= 4 is 5.97 Å². The van der Waals surface area contributed by atoms with Crippen molar-refractivity contribution in [2.75, 3.05) is 6.61 Å². The van der Waals surface area contributed by atoms with Crippen molar-refractivity contribution in [3.63, 3.8) is 0 Å². The van der Waals surface area contributed by atoms with E-state index in [1.165, 1.54) is 0 Å². The third-order valence-electron chi connectivity index (χ3n) is 3.07. The Morgan fingerprint density at radius 1 is 1.56 bits per heavy atom. The topological polar surface area (TPSA) is 59.4 Å². The van der Waals surface area contributed by atoms with Crippen LogP contribution in [0.1, 0.15) is 31.2 Å². The summed E-state index contributed by atoms with van der Waals surface area (Å²) in [6.45, 7) is 2.51. The molecule has 1 N–H and O–H groups in total. The Morgan fingerprint density at radius 2 is 2.38 bits per heavy atom. The predicted molar refractivity (Wildman–Crippen MR) is 58.5 cm³/mol. The van der Waals surface area contributed by atoms with Crippen LogP contribution in [0.2, 0.25) is 0 Å². The Hall–Kier alpha value is -1.58. The van der Waals surface area contributed by atoms with Crippen molar-refractivity contribution in [1.29, 1.82) is 0 Å². The number of nitrogens with zero attached hydrogens (tertiary/aromatic N) is 1. The largest absolute Gasteiger partial charge is 0.492 e. The number of pyridine rings is 1. The highest BCUT2D eigenvalue weighted by atomic mass is 16.5. The second-order valence-corrected chi connectivity index (χ2v) is 4.02. The van der Waals surface area contributed by atoms with Crippen molar-refractivity contribution in [3.8, 4) is 5.75 Å². The summed E-state index contributed by atoms with van der Waals surface area (Å²) in [5.74, 6) is -0.141. The van der Waals surface area contributed by atoms with Gasteiger partial charge in [0.25, 0.3) is 0 Å². The molecular weight excluding hydrogens is 206 g/mol. The maximum absolute atomic E-state index is 10.9. The second-order valence-electron chi connectivity index (χ2n) is 4.02. The Labute approximate surface area is 94.3 Å². The zero-order valence-electron chi connectivity index (χ0n) is 9.22. The van der Waals surface area contributed by atoms with Crippen LogP contribution in [0.15, 0.2) is 18.5 Å². The maximum atomic E-state index is 10.9. The van der Waals surface area contributed by atoms with Gasteiger partial charge in [0.2, 0.25) is 0 Å². The molecule has 4 nitrogen and oxygen atoms in total. The monoisotopic (exact) mass is 221 g/mol. The second kappa shape index (κ2) is 4.51. The molecule has 0 aliphatic heterocycles. The molecule has 1 heterocycles. The van der Waals surface area contributed by atoms with Crippen LogP contribution in [-0.4, -0.2) is 22.7 Å². The molecule has 86 valence electrons. The molecule has 1 aromatic heterocycles. The summed E-state index contributed by atoms with van der Waals surface area (Å²) in [5, 5.41) is 8.99. The molecule has 2 rings (SSSR count). The average molecular weight is 221 g/mol. The summed E-state index contributed by atoms with van der Waals surface area (Å²) < 4.78 is 5.35. The number of hydrogen-bond acceptors (Lipinski definition) is 3. The highest BCUT2D eigenvalue weighted by Crippen LogP contribution is 2.42. The fourth-order valence-electron chi connectivity index (χ4n) is 2.08. The highest BCUT2D eigenvalue weighted by Gasteiger charge is 2.37. The van der Waals surface area contributed by atoms with Crippen LogP contribution in [0.25, 0.3) is 0 Å². The zero-order chi connectivity index (χ0) is 11.5. The quantitative estimate of drug-likeness (QED) is 0.845. The van der Waals surface area contributed by atoms with E-state index in [9.17, 15) is 4.79 Å². The van der Waals surface area contributed by atoms with Crippen LogP contribution >= 0.6 is 0 Å². The van der Waals surface area contributed by atoms with Gasteiger partial charge >= 0.3 is 5.97 Å². The van der Waals surface area contributed by atoms with Crippen molar-refractivity contribution in [3.05, 3.63) is 24.0 Å². The van der Waals surface area contributed by atoms with Crippen molar-refractivity contribution in [2.24, 2.45) is 5.92 Å². The molecule has 0 spiro atoms. The molecule has 0 radical (unpaired) electrons. The van der Waals surface area contributed by atoms with Crippen LogP contribution in [-0.2, 0) is 4.79 Å². The van der Waals surface area contributed by atoms with Crippen molar-refractivity contribution < 1.29 is 14.6 Å². The Morgan fingerprint density at radius 3 is 2.94 bits per heavy atom. The van der Waals surface area contributed by atoms with Crippen LogP contribution in [0.4, 0.5) is 0 Å². The van der Waals surface area contributed by atoms with Gasteiger partial charge < -0.3 is 9.84 Å². The molecule has 0 amide bonds. The number of aromatic nitrogens is 1. The lowest BCUT2D eigenvalue weighted by Gasteiger charge is -2.33. The molecule has 0 saturated heterocycles. The first kappa shape index (κ1) is 10.9. The van der Waals surface area contributed by atoms with Crippen LogP contribution in [0, 0.1) is 5.92 Å². The van der Waals surface area contributed by atoms with Gasteiger partial charge in [-0.15, -0.1) is 0 Å². The highest BCUT2D eigenvalue weighted by molar-refractivity contribution is 5.72. The molecule has 4 heteroatoms. The van der Waals surface area contributed by atoms with E-state index in [0.717, 1.165) is 24.2 Å². The van der Waals surface area contributed by atoms with E-state index >= 15 is 0 Å². The number of aliphatic carboxylic acids is 1. The first-order valence-electron chi connectivity index (χ1n) is 5.53. The Kier molecular flexibility index (Phi) is 3.08. The van der Waals surface area contributed by atoms with E-state index in [-0.39, 0.29) is 11.8 Å². The van der Waals surface area contributed by atoms with Gasteiger partial charge in [0.15, 0.2) is 0 Å².